The van der Waals surface area contributed by atoms with Crippen molar-refractivity contribution in [3.05, 3.63) is 60.9 Å². The molecule has 9 heteroatoms. The van der Waals surface area contributed by atoms with Crippen LogP contribution in [0, 0.1) is 0 Å². The Bertz CT molecular complexity index is 1250. The number of para-hydroxylation sites is 1. The van der Waals surface area contributed by atoms with E-state index in [0.717, 1.165) is 54.3 Å². The second kappa shape index (κ2) is 10.8. The summed E-state index contributed by atoms with van der Waals surface area (Å²) in [6.45, 7) is 6.16. The minimum atomic E-state index is -0.0334. The molecule has 4 aromatic rings. The van der Waals surface area contributed by atoms with Crippen molar-refractivity contribution < 1.29 is 14.2 Å². The summed E-state index contributed by atoms with van der Waals surface area (Å²) in [5.41, 5.74) is 8.66. The maximum atomic E-state index is 6.32. The van der Waals surface area contributed by atoms with Gasteiger partial charge in [0.1, 0.15) is 29.3 Å². The minimum Gasteiger partial charge on any atom is -0.457 e. The Balaban J connectivity index is 1.45. The summed E-state index contributed by atoms with van der Waals surface area (Å²) in [7, 11) is 0. The van der Waals surface area contributed by atoms with Gasteiger partial charge in [0.2, 0.25) is 0 Å². The number of ether oxygens (including phenoxy) is 3. The molecule has 182 valence electrons. The molecule has 0 saturated carbocycles. The number of benzene rings is 2. The molecule has 2 N–H and O–H groups in total. The molecule has 35 heavy (non-hydrogen) atoms. The van der Waals surface area contributed by atoms with E-state index in [0.29, 0.717) is 31.4 Å². The van der Waals surface area contributed by atoms with Crippen molar-refractivity contribution in [3.8, 4) is 22.8 Å². The van der Waals surface area contributed by atoms with Gasteiger partial charge in [-0.2, -0.15) is 5.10 Å². The van der Waals surface area contributed by atoms with Gasteiger partial charge in [0.15, 0.2) is 5.65 Å². The highest BCUT2D eigenvalue weighted by atomic mass is 16.5. The highest BCUT2D eigenvalue weighted by Gasteiger charge is 2.26. The number of anilines is 1. The van der Waals surface area contributed by atoms with Gasteiger partial charge in [-0.1, -0.05) is 25.1 Å². The molecule has 2 aromatic carbocycles. The number of hydrogen-bond donors (Lipinski definition) is 1. The third kappa shape index (κ3) is 5.27. The summed E-state index contributed by atoms with van der Waals surface area (Å²) < 4.78 is 19.6. The zero-order valence-corrected chi connectivity index (χ0v) is 19.8. The van der Waals surface area contributed by atoms with Crippen LogP contribution in [0.2, 0.25) is 0 Å². The smallest absolute Gasteiger partial charge is 0.164 e. The lowest BCUT2D eigenvalue weighted by Gasteiger charge is -2.23. The molecule has 1 unspecified atom stereocenters. The van der Waals surface area contributed by atoms with Gasteiger partial charge in [0, 0.05) is 25.3 Å². The second-order valence-electron chi connectivity index (χ2n) is 8.53. The van der Waals surface area contributed by atoms with Gasteiger partial charge in [-0.15, -0.1) is 0 Å². The standard InChI is InChI=1S/C26H30N6O3/c1-2-13-34-18-31-12-14-33-16-20(15-31)32-26-23(25(27)28-17-29-26)24(30-32)19-8-10-22(11-9-19)35-21-6-4-3-5-7-21/h3-11,17,20H,2,12-16,18H2,1H3,(H2,27,28,29). The summed E-state index contributed by atoms with van der Waals surface area (Å²) in [6, 6.07) is 17.5. The van der Waals surface area contributed by atoms with Crippen LogP contribution in [0.4, 0.5) is 5.82 Å². The monoisotopic (exact) mass is 474 g/mol. The van der Waals surface area contributed by atoms with Crippen LogP contribution in [0.25, 0.3) is 22.3 Å². The first-order chi connectivity index (χ1) is 17.2. The van der Waals surface area contributed by atoms with Crippen molar-refractivity contribution in [2.75, 3.05) is 45.4 Å². The lowest BCUT2D eigenvalue weighted by Crippen LogP contribution is -2.33. The molecule has 2 aromatic heterocycles. The van der Waals surface area contributed by atoms with Crippen molar-refractivity contribution in [2.24, 2.45) is 0 Å². The Hall–Kier alpha value is -3.53. The average Bonchev–Trinajstić information content (AvgIpc) is 3.12. The van der Waals surface area contributed by atoms with Crippen LogP contribution in [-0.4, -0.2) is 64.3 Å². The van der Waals surface area contributed by atoms with Crippen LogP contribution >= 0.6 is 0 Å². The molecule has 5 rings (SSSR count). The lowest BCUT2D eigenvalue weighted by atomic mass is 10.1. The first-order valence-corrected chi connectivity index (χ1v) is 11.9. The summed E-state index contributed by atoms with van der Waals surface area (Å²) >= 11 is 0. The van der Waals surface area contributed by atoms with Crippen LogP contribution in [0.15, 0.2) is 60.9 Å². The molecule has 1 atom stereocenters. The first kappa shape index (κ1) is 23.2. The molecule has 0 aliphatic carbocycles. The molecule has 3 heterocycles. The highest BCUT2D eigenvalue weighted by molar-refractivity contribution is 5.98. The predicted molar refractivity (Wildman–Crippen MR) is 134 cm³/mol. The highest BCUT2D eigenvalue weighted by Crippen LogP contribution is 2.33. The molecule has 1 aliphatic heterocycles. The average molecular weight is 475 g/mol. The maximum absolute atomic E-state index is 6.32. The Labute approximate surface area is 204 Å². The largest absolute Gasteiger partial charge is 0.457 e. The number of nitrogens with zero attached hydrogens (tertiary/aromatic N) is 5. The fourth-order valence-corrected chi connectivity index (χ4v) is 4.22. The summed E-state index contributed by atoms with van der Waals surface area (Å²) in [5, 5.41) is 5.71. The normalized spacial score (nSPS) is 16.9. The fraction of sp³-hybridized carbons (Fsp3) is 0.346. The number of nitrogen functional groups attached to an aromatic ring is 1. The van der Waals surface area contributed by atoms with Crippen molar-refractivity contribution >= 4 is 16.9 Å². The summed E-state index contributed by atoms with van der Waals surface area (Å²) in [4.78, 5) is 11.0. The van der Waals surface area contributed by atoms with Gasteiger partial charge >= 0.3 is 0 Å². The summed E-state index contributed by atoms with van der Waals surface area (Å²) in [6.07, 6.45) is 2.47. The molecule has 0 bridgehead atoms. The fourth-order valence-electron chi connectivity index (χ4n) is 4.22. The zero-order chi connectivity index (χ0) is 24.0. The lowest BCUT2D eigenvalue weighted by molar-refractivity contribution is 0.0246. The quantitative estimate of drug-likeness (QED) is 0.381. The molecule has 0 spiro atoms. The number of nitrogens with two attached hydrogens (primary N) is 1. The van der Waals surface area contributed by atoms with E-state index in [2.05, 4.69) is 21.8 Å². The van der Waals surface area contributed by atoms with E-state index in [1.54, 1.807) is 0 Å². The molecule has 1 fully saturated rings. The summed E-state index contributed by atoms with van der Waals surface area (Å²) in [5.74, 6) is 1.93. The van der Waals surface area contributed by atoms with Crippen molar-refractivity contribution in [1.29, 1.82) is 0 Å². The van der Waals surface area contributed by atoms with Crippen molar-refractivity contribution in [2.45, 2.75) is 19.4 Å². The van der Waals surface area contributed by atoms with E-state index in [1.165, 1.54) is 6.33 Å². The maximum Gasteiger partial charge on any atom is 0.164 e. The van der Waals surface area contributed by atoms with Crippen molar-refractivity contribution in [1.82, 2.24) is 24.6 Å². The molecular formula is C26H30N6O3. The Morgan fingerprint density at radius 3 is 2.66 bits per heavy atom. The molecule has 9 nitrogen and oxygen atoms in total. The SMILES string of the molecule is CCCOCN1CCOCC(n2nc(-c3ccc(Oc4ccccc4)cc3)c3c(N)ncnc32)C1. The van der Waals surface area contributed by atoms with Gasteiger partial charge in [0.25, 0.3) is 0 Å². The first-order valence-electron chi connectivity index (χ1n) is 11.9. The third-order valence-corrected chi connectivity index (χ3v) is 5.92. The molecule has 1 saturated heterocycles. The van der Waals surface area contributed by atoms with E-state index >= 15 is 0 Å². The number of rotatable bonds is 8. The Morgan fingerprint density at radius 2 is 1.86 bits per heavy atom. The molecular weight excluding hydrogens is 444 g/mol. The van der Waals surface area contributed by atoms with Gasteiger partial charge in [0.05, 0.1) is 31.4 Å². The third-order valence-electron chi connectivity index (χ3n) is 5.92. The van der Waals surface area contributed by atoms with Crippen LogP contribution in [0.1, 0.15) is 19.4 Å². The van der Waals surface area contributed by atoms with E-state index in [-0.39, 0.29) is 6.04 Å². The Morgan fingerprint density at radius 1 is 1.06 bits per heavy atom. The van der Waals surface area contributed by atoms with Gasteiger partial charge < -0.3 is 19.9 Å². The minimum absolute atomic E-state index is 0.0334. The van der Waals surface area contributed by atoms with Gasteiger partial charge in [-0.25, -0.2) is 14.6 Å². The van der Waals surface area contributed by atoms with Crippen molar-refractivity contribution in [3.63, 3.8) is 0 Å². The van der Waals surface area contributed by atoms with Crippen LogP contribution in [0.3, 0.4) is 0 Å². The zero-order valence-electron chi connectivity index (χ0n) is 19.8. The van der Waals surface area contributed by atoms with Gasteiger partial charge in [-0.05, 0) is 42.8 Å². The topological polar surface area (TPSA) is 101 Å². The van der Waals surface area contributed by atoms with E-state index < -0.39 is 0 Å². The number of fused-ring (bicyclic) bond motifs is 1. The molecule has 0 amide bonds. The van der Waals surface area contributed by atoms with Gasteiger partial charge in [-0.3, -0.25) is 4.90 Å². The van der Waals surface area contributed by atoms with E-state index in [9.17, 15) is 0 Å². The second-order valence-corrected chi connectivity index (χ2v) is 8.53. The molecule has 0 radical (unpaired) electrons. The predicted octanol–water partition coefficient (Wildman–Crippen LogP) is 4.13. The van der Waals surface area contributed by atoms with Crippen LogP contribution in [0.5, 0.6) is 11.5 Å². The number of aromatic nitrogens is 4. The van der Waals surface area contributed by atoms with E-state index in [1.807, 2.05) is 59.3 Å². The van der Waals surface area contributed by atoms with Crippen LogP contribution in [-0.2, 0) is 9.47 Å². The molecule has 1 aliphatic rings. The Kier molecular flexibility index (Phi) is 7.17. The number of hydrogen-bond acceptors (Lipinski definition) is 8. The van der Waals surface area contributed by atoms with Crippen LogP contribution < -0.4 is 10.5 Å². The van der Waals surface area contributed by atoms with E-state index in [4.69, 9.17) is 25.0 Å².